The van der Waals surface area contributed by atoms with Gasteiger partial charge in [0.1, 0.15) is 11.6 Å². The van der Waals surface area contributed by atoms with Crippen molar-refractivity contribution in [1.29, 1.82) is 0 Å². The molecule has 0 bridgehead atoms. The summed E-state index contributed by atoms with van der Waals surface area (Å²) < 4.78 is 5.47. The summed E-state index contributed by atoms with van der Waals surface area (Å²) in [6, 6.07) is 14.8. The summed E-state index contributed by atoms with van der Waals surface area (Å²) in [7, 11) is 0. The van der Waals surface area contributed by atoms with E-state index in [1.54, 1.807) is 56.4 Å². The highest BCUT2D eigenvalue weighted by atomic mass is 32.1. The van der Waals surface area contributed by atoms with Crippen LogP contribution in [0.4, 0.5) is 21.9 Å². The molecule has 0 spiro atoms. The van der Waals surface area contributed by atoms with Crippen LogP contribution in [0.1, 0.15) is 83.3 Å². The van der Waals surface area contributed by atoms with Gasteiger partial charge in [-0.05, 0) is 83.9 Å². The molecule has 10 heteroatoms. The Bertz CT molecular complexity index is 1590. The SMILES string of the molecule is Cc1cc(C(=O)CN2C(=O)C(NC(=O)Nc3cccc(C(=O)OC(C)(C)C)c3)CN(C3CCCCC3)c3ccccc32)c(C)s1. The predicted molar refractivity (Wildman–Crippen MR) is 179 cm³/mol. The number of ether oxygens (including phenoxy) is 1. The summed E-state index contributed by atoms with van der Waals surface area (Å²) in [4.78, 5) is 59.6. The number of nitrogens with zero attached hydrogens (tertiary/aromatic N) is 2. The zero-order chi connectivity index (χ0) is 32.3. The largest absolute Gasteiger partial charge is 0.456 e. The maximum atomic E-state index is 14.3. The van der Waals surface area contributed by atoms with Gasteiger partial charge in [-0.25, -0.2) is 9.59 Å². The predicted octanol–water partition coefficient (Wildman–Crippen LogP) is 6.88. The van der Waals surface area contributed by atoms with Gasteiger partial charge in [0.25, 0.3) is 5.91 Å². The van der Waals surface area contributed by atoms with Crippen LogP contribution in [0.15, 0.2) is 54.6 Å². The van der Waals surface area contributed by atoms with Gasteiger partial charge in [-0.1, -0.05) is 37.5 Å². The van der Waals surface area contributed by atoms with Gasteiger partial charge in [-0.3, -0.25) is 9.59 Å². The molecule has 238 valence electrons. The summed E-state index contributed by atoms with van der Waals surface area (Å²) in [5, 5.41) is 5.68. The minimum Gasteiger partial charge on any atom is -0.456 e. The molecule has 1 saturated carbocycles. The molecular weight excluding hydrogens is 588 g/mol. The topological polar surface area (TPSA) is 108 Å². The van der Waals surface area contributed by atoms with E-state index in [1.165, 1.54) is 11.3 Å². The summed E-state index contributed by atoms with van der Waals surface area (Å²) in [5.41, 5.74) is 2.20. The Hall–Kier alpha value is -4.18. The van der Waals surface area contributed by atoms with Gasteiger partial charge in [-0.2, -0.15) is 0 Å². The molecule has 0 saturated heterocycles. The third-order valence-corrected chi connectivity index (χ3v) is 9.11. The number of para-hydroxylation sites is 2. The van der Waals surface area contributed by atoms with E-state index in [2.05, 4.69) is 15.5 Å². The van der Waals surface area contributed by atoms with Crippen molar-refractivity contribution in [3.05, 3.63) is 75.5 Å². The Kier molecular flexibility index (Phi) is 9.62. The molecule has 1 aromatic heterocycles. The average molecular weight is 631 g/mol. The van der Waals surface area contributed by atoms with Crippen LogP contribution in [0.3, 0.4) is 0 Å². The number of amides is 3. The number of fused-ring (bicyclic) bond motifs is 1. The van der Waals surface area contributed by atoms with E-state index >= 15 is 0 Å². The minimum atomic E-state index is -0.925. The highest BCUT2D eigenvalue weighted by Crippen LogP contribution is 2.37. The van der Waals surface area contributed by atoms with Gasteiger partial charge < -0.3 is 25.2 Å². The van der Waals surface area contributed by atoms with E-state index in [4.69, 9.17) is 4.74 Å². The molecule has 45 heavy (non-hydrogen) atoms. The van der Waals surface area contributed by atoms with Crippen molar-refractivity contribution in [2.45, 2.75) is 84.4 Å². The van der Waals surface area contributed by atoms with Gasteiger partial charge in [0.05, 0.1) is 23.5 Å². The minimum absolute atomic E-state index is 0.136. The molecule has 1 aliphatic carbocycles. The van der Waals surface area contributed by atoms with Crippen molar-refractivity contribution in [2.24, 2.45) is 0 Å². The van der Waals surface area contributed by atoms with Crippen LogP contribution < -0.4 is 20.4 Å². The second kappa shape index (κ2) is 13.4. The molecule has 2 aromatic carbocycles. The standard InChI is InChI=1S/C35H42N4O5S/c1-22-18-27(23(2)45-22)31(40)21-39-30-17-10-9-16-29(30)38(26-14-7-6-8-15-26)20-28(32(39)41)37-34(43)36-25-13-11-12-24(19-25)33(42)44-35(3,4)5/h9-13,16-19,26,28H,6-8,14-15,20-21H2,1-5H3,(H2,36,37,43). The normalized spacial score (nSPS) is 17.4. The zero-order valence-electron chi connectivity index (χ0n) is 26.6. The van der Waals surface area contributed by atoms with E-state index in [0.717, 1.165) is 41.1 Å². The number of Topliss-reactive ketones (excluding diaryl/α,β-unsaturated/α-hetero) is 1. The van der Waals surface area contributed by atoms with Crippen LogP contribution in [-0.4, -0.2) is 54.5 Å². The van der Waals surface area contributed by atoms with Crippen molar-refractivity contribution in [1.82, 2.24) is 5.32 Å². The molecule has 2 heterocycles. The number of ketones is 1. The van der Waals surface area contributed by atoms with Crippen LogP contribution in [0.5, 0.6) is 0 Å². The quantitative estimate of drug-likeness (QED) is 0.218. The number of carbonyl (C=O) groups excluding carboxylic acids is 4. The van der Waals surface area contributed by atoms with Crippen LogP contribution in [-0.2, 0) is 9.53 Å². The maximum Gasteiger partial charge on any atom is 0.338 e. The fourth-order valence-electron chi connectivity index (χ4n) is 6.15. The van der Waals surface area contributed by atoms with Crippen molar-refractivity contribution in [3.63, 3.8) is 0 Å². The lowest BCUT2D eigenvalue weighted by Gasteiger charge is -2.37. The van der Waals surface area contributed by atoms with Crippen LogP contribution in [0.25, 0.3) is 0 Å². The third-order valence-electron chi connectivity index (χ3n) is 8.14. The zero-order valence-corrected chi connectivity index (χ0v) is 27.5. The Balaban J connectivity index is 1.42. The fourth-order valence-corrected chi connectivity index (χ4v) is 7.09. The Morgan fingerprint density at radius 3 is 2.33 bits per heavy atom. The Morgan fingerprint density at radius 1 is 0.956 bits per heavy atom. The van der Waals surface area contributed by atoms with Gasteiger partial charge in [-0.15, -0.1) is 11.3 Å². The van der Waals surface area contributed by atoms with Crippen LogP contribution >= 0.6 is 11.3 Å². The van der Waals surface area contributed by atoms with E-state index in [0.29, 0.717) is 22.5 Å². The number of nitrogens with one attached hydrogen (secondary N) is 2. The number of thiophene rings is 1. The number of aryl methyl sites for hydroxylation is 2. The number of carbonyl (C=O) groups is 4. The number of rotatable bonds is 7. The second-order valence-corrected chi connectivity index (χ2v) is 14.3. The first-order valence-electron chi connectivity index (χ1n) is 15.6. The van der Waals surface area contributed by atoms with E-state index in [1.807, 2.05) is 44.2 Å². The Morgan fingerprint density at radius 2 is 1.67 bits per heavy atom. The molecule has 0 radical (unpaired) electrons. The maximum absolute atomic E-state index is 14.3. The average Bonchev–Trinajstić information content (AvgIpc) is 3.29. The molecule has 2 aliphatic rings. The molecule has 9 nitrogen and oxygen atoms in total. The van der Waals surface area contributed by atoms with Crippen molar-refractivity contribution in [2.75, 3.05) is 28.2 Å². The van der Waals surface area contributed by atoms with E-state index in [-0.39, 0.29) is 30.8 Å². The number of benzene rings is 2. The lowest BCUT2D eigenvalue weighted by atomic mass is 9.93. The first-order chi connectivity index (χ1) is 21.4. The van der Waals surface area contributed by atoms with Crippen LogP contribution in [0.2, 0.25) is 0 Å². The molecule has 3 amide bonds. The molecule has 1 aliphatic heterocycles. The summed E-state index contributed by atoms with van der Waals surface area (Å²) in [5.74, 6) is -0.993. The van der Waals surface area contributed by atoms with Crippen LogP contribution in [0, 0.1) is 13.8 Å². The van der Waals surface area contributed by atoms with Crippen molar-refractivity contribution in [3.8, 4) is 0 Å². The summed E-state index contributed by atoms with van der Waals surface area (Å²) in [6.45, 7) is 9.39. The molecule has 1 unspecified atom stereocenters. The van der Waals surface area contributed by atoms with Crippen molar-refractivity contribution >= 4 is 52.1 Å². The number of urea groups is 1. The second-order valence-electron chi connectivity index (χ2n) is 12.8. The lowest BCUT2D eigenvalue weighted by molar-refractivity contribution is -0.120. The molecule has 3 aromatic rings. The van der Waals surface area contributed by atoms with Gasteiger partial charge >= 0.3 is 12.0 Å². The first kappa shape index (κ1) is 32.2. The first-order valence-corrected chi connectivity index (χ1v) is 16.4. The van der Waals surface area contributed by atoms with Gasteiger partial charge in [0.15, 0.2) is 5.78 Å². The monoisotopic (exact) mass is 630 g/mol. The summed E-state index contributed by atoms with van der Waals surface area (Å²) >= 11 is 1.56. The smallest absolute Gasteiger partial charge is 0.338 e. The van der Waals surface area contributed by atoms with Gasteiger partial charge in [0, 0.05) is 33.6 Å². The van der Waals surface area contributed by atoms with E-state index in [9.17, 15) is 19.2 Å². The number of hydrogen-bond acceptors (Lipinski definition) is 7. The van der Waals surface area contributed by atoms with E-state index < -0.39 is 23.6 Å². The fraction of sp³-hybridized carbons (Fsp3) is 0.429. The molecule has 2 N–H and O–H groups in total. The molecule has 1 fully saturated rings. The number of anilines is 3. The number of hydrogen-bond donors (Lipinski definition) is 2. The number of esters is 1. The lowest BCUT2D eigenvalue weighted by Crippen LogP contribution is -2.55. The third kappa shape index (κ3) is 7.73. The highest BCUT2D eigenvalue weighted by molar-refractivity contribution is 7.12. The summed E-state index contributed by atoms with van der Waals surface area (Å²) in [6.07, 6.45) is 5.36. The van der Waals surface area contributed by atoms with Crippen molar-refractivity contribution < 1.29 is 23.9 Å². The Labute approximate surface area is 268 Å². The molecule has 5 rings (SSSR count). The highest BCUT2D eigenvalue weighted by Gasteiger charge is 2.38. The molecule has 1 atom stereocenters. The van der Waals surface area contributed by atoms with Gasteiger partial charge in [0.2, 0.25) is 0 Å². The molecular formula is C35H42N4O5S.